The quantitative estimate of drug-likeness (QED) is 0.547. The molecule has 0 bridgehead atoms. The summed E-state index contributed by atoms with van der Waals surface area (Å²) < 4.78 is 13.9. The Morgan fingerprint density at radius 2 is 1.50 bits per heavy atom. The van der Waals surface area contributed by atoms with Crippen LogP contribution in [0.25, 0.3) is 10.9 Å². The third-order valence-corrected chi connectivity index (χ3v) is 3.87. The smallest absolute Gasteiger partial charge is 0.146 e. The zero-order chi connectivity index (χ0) is 17.9. The number of pyridine rings is 1. The zero-order valence-electron chi connectivity index (χ0n) is 14.1. The molecule has 5 nitrogen and oxygen atoms in total. The van der Waals surface area contributed by atoms with Crippen LogP contribution in [0.2, 0.25) is 0 Å². The number of fused-ring (bicyclic) bond motifs is 1. The van der Waals surface area contributed by atoms with Crippen LogP contribution in [0.5, 0.6) is 0 Å². The number of anilines is 4. The summed E-state index contributed by atoms with van der Waals surface area (Å²) in [6, 6.07) is 18.0. The number of aryl methyl sites for hydroxylation is 1. The molecule has 26 heavy (non-hydrogen) atoms. The number of halogens is 1. The van der Waals surface area contributed by atoms with E-state index in [4.69, 9.17) is 0 Å². The average Bonchev–Trinajstić information content (AvgIpc) is 2.64. The Labute approximate surface area is 150 Å². The Hall–Kier alpha value is -3.54. The SMILES string of the molecule is Cc1nc(Nc2ccccc2F)cc(Nc2cccc3cccnc23)n1. The summed E-state index contributed by atoms with van der Waals surface area (Å²) in [7, 11) is 0. The molecule has 0 fully saturated rings. The van der Waals surface area contributed by atoms with Gasteiger partial charge in [-0.2, -0.15) is 0 Å². The molecule has 0 spiro atoms. The molecule has 4 aromatic rings. The number of benzene rings is 2. The Morgan fingerprint density at radius 3 is 2.31 bits per heavy atom. The zero-order valence-corrected chi connectivity index (χ0v) is 14.1. The second-order valence-corrected chi connectivity index (χ2v) is 5.80. The largest absolute Gasteiger partial charge is 0.338 e. The fourth-order valence-electron chi connectivity index (χ4n) is 2.74. The van der Waals surface area contributed by atoms with E-state index in [0.717, 1.165) is 16.6 Å². The second-order valence-electron chi connectivity index (χ2n) is 5.80. The van der Waals surface area contributed by atoms with E-state index in [2.05, 4.69) is 25.6 Å². The van der Waals surface area contributed by atoms with Gasteiger partial charge in [0.1, 0.15) is 23.3 Å². The van der Waals surface area contributed by atoms with E-state index in [-0.39, 0.29) is 5.82 Å². The van der Waals surface area contributed by atoms with Crippen molar-refractivity contribution in [1.29, 1.82) is 0 Å². The van der Waals surface area contributed by atoms with Crippen LogP contribution in [-0.4, -0.2) is 15.0 Å². The van der Waals surface area contributed by atoms with Gasteiger partial charge >= 0.3 is 0 Å². The van der Waals surface area contributed by atoms with Gasteiger partial charge in [0, 0.05) is 17.6 Å². The molecular weight excluding hydrogens is 329 g/mol. The number of rotatable bonds is 4. The van der Waals surface area contributed by atoms with Gasteiger partial charge in [-0.3, -0.25) is 4.98 Å². The number of hydrogen-bond donors (Lipinski definition) is 2. The molecule has 2 N–H and O–H groups in total. The van der Waals surface area contributed by atoms with Gasteiger partial charge in [-0.25, -0.2) is 14.4 Å². The fourth-order valence-corrected chi connectivity index (χ4v) is 2.74. The highest BCUT2D eigenvalue weighted by Crippen LogP contribution is 2.26. The van der Waals surface area contributed by atoms with Crippen molar-refractivity contribution in [2.24, 2.45) is 0 Å². The molecular formula is C20H16FN5. The molecule has 0 amide bonds. The molecule has 2 aromatic heterocycles. The first-order valence-corrected chi connectivity index (χ1v) is 8.17. The van der Waals surface area contributed by atoms with E-state index in [1.165, 1.54) is 6.07 Å². The molecule has 128 valence electrons. The van der Waals surface area contributed by atoms with Crippen LogP contribution in [-0.2, 0) is 0 Å². The molecule has 0 saturated heterocycles. The Balaban J connectivity index is 1.67. The van der Waals surface area contributed by atoms with Crippen molar-refractivity contribution in [1.82, 2.24) is 15.0 Å². The Bertz CT molecular complexity index is 1080. The molecule has 0 unspecified atom stereocenters. The maximum atomic E-state index is 13.9. The van der Waals surface area contributed by atoms with Crippen LogP contribution in [0.1, 0.15) is 5.82 Å². The highest BCUT2D eigenvalue weighted by molar-refractivity contribution is 5.91. The molecule has 0 atom stereocenters. The summed E-state index contributed by atoms with van der Waals surface area (Å²) >= 11 is 0. The van der Waals surface area contributed by atoms with Crippen molar-refractivity contribution in [3.63, 3.8) is 0 Å². The first-order valence-electron chi connectivity index (χ1n) is 8.17. The lowest BCUT2D eigenvalue weighted by atomic mass is 10.2. The summed E-state index contributed by atoms with van der Waals surface area (Å²) in [5, 5.41) is 7.31. The summed E-state index contributed by atoms with van der Waals surface area (Å²) in [6.45, 7) is 1.79. The maximum Gasteiger partial charge on any atom is 0.146 e. The minimum Gasteiger partial charge on any atom is -0.338 e. The molecule has 2 heterocycles. The summed E-state index contributed by atoms with van der Waals surface area (Å²) in [4.78, 5) is 13.2. The van der Waals surface area contributed by atoms with Crippen molar-refractivity contribution in [2.45, 2.75) is 6.92 Å². The lowest BCUT2D eigenvalue weighted by Crippen LogP contribution is -2.02. The number of aromatic nitrogens is 3. The number of hydrogen-bond acceptors (Lipinski definition) is 5. The standard InChI is InChI=1S/C20H16FN5/c1-13-23-18(25-16-9-3-2-8-15(16)21)12-19(24-13)26-17-10-4-6-14-7-5-11-22-20(14)17/h2-12H,1H3,(H2,23,24,25,26). The number of nitrogens with zero attached hydrogens (tertiary/aromatic N) is 3. The summed E-state index contributed by atoms with van der Waals surface area (Å²) in [5.41, 5.74) is 2.07. The average molecular weight is 345 g/mol. The van der Waals surface area contributed by atoms with Crippen LogP contribution in [0, 0.1) is 12.7 Å². The van der Waals surface area contributed by atoms with Gasteiger partial charge in [0.15, 0.2) is 0 Å². The third kappa shape index (κ3) is 3.30. The van der Waals surface area contributed by atoms with Crippen molar-refractivity contribution in [3.8, 4) is 0 Å². The van der Waals surface area contributed by atoms with E-state index in [1.54, 1.807) is 37.4 Å². The minimum atomic E-state index is -0.337. The van der Waals surface area contributed by atoms with Crippen LogP contribution < -0.4 is 10.6 Å². The maximum absolute atomic E-state index is 13.9. The van der Waals surface area contributed by atoms with Gasteiger partial charge < -0.3 is 10.6 Å². The summed E-state index contributed by atoms with van der Waals surface area (Å²) in [6.07, 6.45) is 1.75. The predicted molar refractivity (Wildman–Crippen MR) is 101 cm³/mol. The number of para-hydroxylation sites is 2. The molecule has 4 rings (SSSR count). The monoisotopic (exact) mass is 345 g/mol. The van der Waals surface area contributed by atoms with Crippen molar-refractivity contribution in [3.05, 3.63) is 78.5 Å². The highest BCUT2D eigenvalue weighted by atomic mass is 19.1. The van der Waals surface area contributed by atoms with Gasteiger partial charge in [0.05, 0.1) is 16.9 Å². The van der Waals surface area contributed by atoms with E-state index in [1.807, 2.05) is 30.3 Å². The molecule has 0 radical (unpaired) electrons. The molecule has 0 aliphatic rings. The lowest BCUT2D eigenvalue weighted by Gasteiger charge is -2.12. The molecule has 0 aliphatic carbocycles. The van der Waals surface area contributed by atoms with E-state index in [0.29, 0.717) is 23.1 Å². The van der Waals surface area contributed by atoms with Crippen molar-refractivity contribution < 1.29 is 4.39 Å². The normalized spacial score (nSPS) is 10.7. The van der Waals surface area contributed by atoms with Crippen LogP contribution in [0.15, 0.2) is 66.9 Å². The molecule has 2 aromatic carbocycles. The predicted octanol–water partition coefficient (Wildman–Crippen LogP) is 4.96. The fraction of sp³-hybridized carbons (Fsp3) is 0.0500. The van der Waals surface area contributed by atoms with Gasteiger partial charge in [-0.05, 0) is 31.2 Å². The third-order valence-electron chi connectivity index (χ3n) is 3.87. The van der Waals surface area contributed by atoms with E-state index in [9.17, 15) is 4.39 Å². The van der Waals surface area contributed by atoms with Crippen LogP contribution in [0.4, 0.5) is 27.4 Å². The van der Waals surface area contributed by atoms with Gasteiger partial charge in [-0.1, -0.05) is 30.3 Å². The summed E-state index contributed by atoms with van der Waals surface area (Å²) in [5.74, 6) is 1.35. The van der Waals surface area contributed by atoms with Crippen molar-refractivity contribution >= 4 is 33.9 Å². The Morgan fingerprint density at radius 1 is 0.808 bits per heavy atom. The van der Waals surface area contributed by atoms with Crippen LogP contribution in [0.3, 0.4) is 0 Å². The van der Waals surface area contributed by atoms with Gasteiger partial charge in [0.2, 0.25) is 0 Å². The highest BCUT2D eigenvalue weighted by Gasteiger charge is 2.08. The van der Waals surface area contributed by atoms with Crippen LogP contribution >= 0.6 is 0 Å². The van der Waals surface area contributed by atoms with Crippen molar-refractivity contribution in [2.75, 3.05) is 10.6 Å². The molecule has 6 heteroatoms. The molecule has 0 saturated carbocycles. The first-order chi connectivity index (χ1) is 12.7. The topological polar surface area (TPSA) is 62.7 Å². The van der Waals surface area contributed by atoms with Gasteiger partial charge in [-0.15, -0.1) is 0 Å². The van der Waals surface area contributed by atoms with E-state index < -0.39 is 0 Å². The van der Waals surface area contributed by atoms with E-state index >= 15 is 0 Å². The minimum absolute atomic E-state index is 0.337. The van der Waals surface area contributed by atoms with Gasteiger partial charge in [0.25, 0.3) is 0 Å². The Kier molecular flexibility index (Phi) is 4.15. The lowest BCUT2D eigenvalue weighted by molar-refractivity contribution is 0.632. The number of nitrogens with one attached hydrogen (secondary N) is 2. The first kappa shape index (κ1) is 16.0. The second kappa shape index (κ2) is 6.76. The molecule has 0 aliphatic heterocycles.